The Labute approximate surface area is 204 Å². The van der Waals surface area contributed by atoms with E-state index in [1.54, 1.807) is 6.92 Å². The predicted octanol–water partition coefficient (Wildman–Crippen LogP) is 7.51. The van der Waals surface area contributed by atoms with Crippen molar-refractivity contribution in [1.82, 2.24) is 0 Å². The van der Waals surface area contributed by atoms with Crippen molar-refractivity contribution < 1.29 is 9.90 Å². The summed E-state index contributed by atoms with van der Waals surface area (Å²) in [5.74, 6) is 0.116. The zero-order valence-corrected chi connectivity index (χ0v) is 22.8. The standard InChI is InChI=1S/C14H20O.C10H13I.C4H8O/c1-11(10-15)9-12-5-7-13(8-6-12)14(2,3)4;1-10(2,3)8-4-6-9(11)7-5-8;1-4(2)3-5/h5-8,10-11H,9H2,1-4H3;4-7H,1-3H3;5H,1,3H2,2H3. The number of carbonyl (C=O) groups excluding carboxylic acids is 1. The molecule has 0 fully saturated rings. The molecular formula is C28H41IO2. The first-order valence-electron chi connectivity index (χ1n) is 10.8. The van der Waals surface area contributed by atoms with Crippen LogP contribution in [0.2, 0.25) is 0 Å². The number of rotatable bonds is 4. The van der Waals surface area contributed by atoms with E-state index in [1.165, 1.54) is 20.3 Å². The lowest BCUT2D eigenvalue weighted by atomic mass is 9.86. The van der Waals surface area contributed by atoms with E-state index in [-0.39, 0.29) is 23.4 Å². The van der Waals surface area contributed by atoms with Crippen LogP contribution >= 0.6 is 22.6 Å². The molecule has 0 radical (unpaired) electrons. The van der Waals surface area contributed by atoms with Crippen LogP contribution in [0.3, 0.4) is 0 Å². The second-order valence-electron chi connectivity index (χ2n) is 10.1. The van der Waals surface area contributed by atoms with E-state index in [0.717, 1.165) is 18.3 Å². The molecule has 0 aliphatic carbocycles. The van der Waals surface area contributed by atoms with Crippen molar-refractivity contribution in [2.75, 3.05) is 6.61 Å². The van der Waals surface area contributed by atoms with Crippen molar-refractivity contribution in [3.05, 3.63) is 80.9 Å². The summed E-state index contributed by atoms with van der Waals surface area (Å²) in [7, 11) is 0. The molecular weight excluding hydrogens is 495 g/mol. The molecule has 0 saturated heterocycles. The highest BCUT2D eigenvalue weighted by molar-refractivity contribution is 14.1. The van der Waals surface area contributed by atoms with Crippen LogP contribution in [-0.2, 0) is 22.0 Å². The monoisotopic (exact) mass is 536 g/mol. The maximum atomic E-state index is 10.5. The third kappa shape index (κ3) is 13.5. The first-order valence-corrected chi connectivity index (χ1v) is 11.8. The van der Waals surface area contributed by atoms with E-state index >= 15 is 0 Å². The Morgan fingerprint density at radius 1 is 0.935 bits per heavy atom. The third-order valence-corrected chi connectivity index (χ3v) is 5.31. The van der Waals surface area contributed by atoms with Gasteiger partial charge < -0.3 is 9.90 Å². The minimum atomic E-state index is 0.111. The quantitative estimate of drug-likeness (QED) is 0.250. The van der Waals surface area contributed by atoms with Gasteiger partial charge in [0.2, 0.25) is 0 Å². The van der Waals surface area contributed by atoms with Crippen LogP contribution < -0.4 is 0 Å². The number of carbonyl (C=O) groups is 1. The number of benzene rings is 2. The lowest BCUT2D eigenvalue weighted by Gasteiger charge is -2.19. The van der Waals surface area contributed by atoms with Crippen molar-refractivity contribution in [3.63, 3.8) is 0 Å². The summed E-state index contributed by atoms with van der Waals surface area (Å²) in [4.78, 5) is 10.5. The Bertz CT molecular complexity index is 776. The first kappa shape index (κ1) is 29.5. The van der Waals surface area contributed by atoms with E-state index < -0.39 is 0 Å². The molecule has 0 amide bonds. The van der Waals surface area contributed by atoms with E-state index in [1.807, 2.05) is 6.92 Å². The van der Waals surface area contributed by atoms with Crippen molar-refractivity contribution in [3.8, 4) is 0 Å². The normalized spacial score (nSPS) is 11.9. The molecule has 0 aliphatic heterocycles. The molecule has 0 aromatic heterocycles. The Kier molecular flexibility index (Phi) is 13.2. The lowest BCUT2D eigenvalue weighted by Crippen LogP contribution is -2.11. The molecule has 0 aliphatic rings. The van der Waals surface area contributed by atoms with Crippen molar-refractivity contribution in [2.24, 2.45) is 5.92 Å². The fourth-order valence-corrected chi connectivity index (χ4v) is 2.87. The molecule has 2 nitrogen and oxygen atoms in total. The van der Waals surface area contributed by atoms with Gasteiger partial charge in [0, 0.05) is 9.49 Å². The summed E-state index contributed by atoms with van der Waals surface area (Å²) in [6.45, 7) is 20.6. The van der Waals surface area contributed by atoms with Crippen LogP contribution in [0.1, 0.15) is 72.1 Å². The highest BCUT2D eigenvalue weighted by atomic mass is 127. The van der Waals surface area contributed by atoms with Gasteiger partial charge in [0.05, 0.1) is 6.61 Å². The Hall–Kier alpha value is -1.46. The number of hydrogen-bond acceptors (Lipinski definition) is 2. The smallest absolute Gasteiger partial charge is 0.123 e. The number of hydrogen-bond donors (Lipinski definition) is 1. The van der Waals surface area contributed by atoms with Gasteiger partial charge in [-0.25, -0.2) is 0 Å². The fraction of sp³-hybridized carbons (Fsp3) is 0.464. The average molecular weight is 537 g/mol. The minimum Gasteiger partial charge on any atom is -0.392 e. The summed E-state index contributed by atoms with van der Waals surface area (Å²) in [5, 5.41) is 8.04. The Balaban J connectivity index is 0.000000492. The zero-order valence-electron chi connectivity index (χ0n) is 20.6. The number of halogens is 1. The SMILES string of the molecule is C=C(C)CO.CC(C)(C)c1ccc(I)cc1.CC(C=O)Cc1ccc(C(C)(C)C)cc1. The van der Waals surface area contributed by atoms with Gasteiger partial charge in [-0.3, -0.25) is 0 Å². The topological polar surface area (TPSA) is 37.3 Å². The highest BCUT2D eigenvalue weighted by Gasteiger charge is 2.13. The van der Waals surface area contributed by atoms with Crippen LogP contribution in [0.4, 0.5) is 0 Å². The Morgan fingerprint density at radius 3 is 1.58 bits per heavy atom. The van der Waals surface area contributed by atoms with E-state index in [4.69, 9.17) is 5.11 Å². The van der Waals surface area contributed by atoms with Crippen molar-refractivity contribution in [2.45, 2.75) is 72.6 Å². The molecule has 2 aromatic carbocycles. The number of aliphatic hydroxyl groups is 1. The van der Waals surface area contributed by atoms with E-state index in [9.17, 15) is 4.79 Å². The number of aliphatic hydroxyl groups excluding tert-OH is 1. The van der Waals surface area contributed by atoms with E-state index in [0.29, 0.717) is 0 Å². The maximum Gasteiger partial charge on any atom is 0.123 e. The molecule has 1 atom stereocenters. The predicted molar refractivity (Wildman–Crippen MR) is 144 cm³/mol. The van der Waals surface area contributed by atoms with Gasteiger partial charge >= 0.3 is 0 Å². The molecule has 0 saturated carbocycles. The number of aldehydes is 1. The van der Waals surface area contributed by atoms with Gasteiger partial charge in [-0.05, 0) is 75.6 Å². The van der Waals surface area contributed by atoms with Crippen LogP contribution in [0.15, 0.2) is 60.7 Å². The van der Waals surface area contributed by atoms with Gasteiger partial charge in [0.25, 0.3) is 0 Å². The van der Waals surface area contributed by atoms with Gasteiger partial charge in [0.15, 0.2) is 0 Å². The Morgan fingerprint density at radius 2 is 1.29 bits per heavy atom. The molecule has 31 heavy (non-hydrogen) atoms. The molecule has 0 bridgehead atoms. The van der Waals surface area contributed by atoms with Gasteiger partial charge in [-0.15, -0.1) is 0 Å². The lowest BCUT2D eigenvalue weighted by molar-refractivity contribution is -0.110. The highest BCUT2D eigenvalue weighted by Crippen LogP contribution is 2.23. The largest absolute Gasteiger partial charge is 0.392 e. The fourth-order valence-electron chi connectivity index (χ4n) is 2.51. The van der Waals surface area contributed by atoms with E-state index in [2.05, 4.69) is 119 Å². The van der Waals surface area contributed by atoms with Gasteiger partial charge in [-0.1, -0.05) is 97.0 Å². The van der Waals surface area contributed by atoms with Gasteiger partial charge in [-0.2, -0.15) is 0 Å². The van der Waals surface area contributed by atoms with Crippen LogP contribution in [0.25, 0.3) is 0 Å². The summed E-state index contributed by atoms with van der Waals surface area (Å²) in [5.41, 5.74) is 5.27. The summed E-state index contributed by atoms with van der Waals surface area (Å²) in [6.07, 6.45) is 1.85. The second-order valence-corrected chi connectivity index (χ2v) is 11.4. The molecule has 2 aromatic rings. The van der Waals surface area contributed by atoms with Crippen LogP contribution in [-0.4, -0.2) is 18.0 Å². The summed E-state index contributed by atoms with van der Waals surface area (Å²) < 4.78 is 1.30. The zero-order chi connectivity index (χ0) is 24.2. The maximum absolute atomic E-state index is 10.5. The molecule has 3 heteroatoms. The average Bonchev–Trinajstić information content (AvgIpc) is 2.68. The van der Waals surface area contributed by atoms with Gasteiger partial charge in [0.1, 0.15) is 6.29 Å². The molecule has 0 spiro atoms. The summed E-state index contributed by atoms with van der Waals surface area (Å²) >= 11 is 2.32. The first-order chi connectivity index (χ1) is 14.2. The molecule has 172 valence electrons. The third-order valence-electron chi connectivity index (χ3n) is 4.59. The molecule has 1 N–H and O–H groups in total. The molecule has 0 heterocycles. The molecule has 2 rings (SSSR count). The molecule has 1 unspecified atom stereocenters. The summed E-state index contributed by atoms with van der Waals surface area (Å²) in [6, 6.07) is 17.3. The second kappa shape index (κ2) is 13.8. The minimum absolute atomic E-state index is 0.111. The van der Waals surface area contributed by atoms with Crippen molar-refractivity contribution >= 4 is 28.9 Å². The van der Waals surface area contributed by atoms with Crippen LogP contribution in [0.5, 0.6) is 0 Å². The van der Waals surface area contributed by atoms with Crippen LogP contribution in [0, 0.1) is 9.49 Å². The van der Waals surface area contributed by atoms with Crippen molar-refractivity contribution in [1.29, 1.82) is 0 Å².